The average Bonchev–Trinajstić information content (AvgIpc) is 2.40. The Bertz CT molecular complexity index is 371. The van der Waals surface area contributed by atoms with Gasteiger partial charge in [0.25, 0.3) is 0 Å². The van der Waals surface area contributed by atoms with Gasteiger partial charge in [0.1, 0.15) is 0 Å². The highest BCUT2D eigenvalue weighted by atomic mass is 16.4. The number of amides is 2. The molecule has 0 radical (unpaired) electrons. The lowest BCUT2D eigenvalue weighted by Gasteiger charge is -2.46. The molecule has 6 nitrogen and oxygen atoms in total. The van der Waals surface area contributed by atoms with Crippen molar-refractivity contribution in [3.8, 4) is 0 Å². The number of nitrogens with one attached hydrogen (secondary N) is 3. The van der Waals surface area contributed by atoms with Crippen molar-refractivity contribution in [2.24, 2.45) is 17.3 Å². The van der Waals surface area contributed by atoms with Crippen LogP contribution in [0, 0.1) is 17.3 Å². The number of carbonyl (C=O) groups excluding carboxylic acids is 1. The molecule has 122 valence electrons. The topological polar surface area (TPSA) is 90.5 Å². The monoisotopic (exact) mass is 299 g/mol. The van der Waals surface area contributed by atoms with Gasteiger partial charge in [-0.25, -0.2) is 4.79 Å². The first-order valence-corrected chi connectivity index (χ1v) is 7.72. The van der Waals surface area contributed by atoms with Crippen LogP contribution in [-0.4, -0.2) is 43.3 Å². The second-order valence-electron chi connectivity index (χ2n) is 6.54. The maximum Gasteiger partial charge on any atom is 0.315 e. The molecule has 6 heteroatoms. The Morgan fingerprint density at radius 1 is 1.24 bits per heavy atom. The molecule has 21 heavy (non-hydrogen) atoms. The van der Waals surface area contributed by atoms with Gasteiger partial charge in [0.2, 0.25) is 0 Å². The quantitative estimate of drug-likeness (QED) is 0.558. The molecule has 0 aromatic rings. The van der Waals surface area contributed by atoms with E-state index < -0.39 is 5.97 Å². The zero-order valence-electron chi connectivity index (χ0n) is 13.5. The maximum atomic E-state index is 11.9. The third kappa shape index (κ3) is 4.59. The standard InChI is InChI=1S/C15H29N3O3/c1-10-12(18-14(21)17-9-5-8-16-4)7-6-11(13(19)20)15(10,2)3/h10-12,16H,5-9H2,1-4H3,(H,19,20)(H2,17,18,21). The van der Waals surface area contributed by atoms with Crippen molar-refractivity contribution in [2.75, 3.05) is 20.1 Å². The molecule has 1 aliphatic rings. The van der Waals surface area contributed by atoms with E-state index in [1.807, 2.05) is 27.8 Å². The van der Waals surface area contributed by atoms with Gasteiger partial charge in [0.15, 0.2) is 0 Å². The number of rotatable bonds is 6. The minimum absolute atomic E-state index is 0.0277. The van der Waals surface area contributed by atoms with Gasteiger partial charge < -0.3 is 21.1 Å². The van der Waals surface area contributed by atoms with E-state index in [0.717, 1.165) is 13.0 Å². The fourth-order valence-corrected chi connectivity index (χ4v) is 3.13. The van der Waals surface area contributed by atoms with Crippen molar-refractivity contribution in [2.45, 2.75) is 46.1 Å². The van der Waals surface area contributed by atoms with Crippen molar-refractivity contribution >= 4 is 12.0 Å². The van der Waals surface area contributed by atoms with Crippen LogP contribution in [0.15, 0.2) is 0 Å². The predicted octanol–water partition coefficient (Wildman–Crippen LogP) is 1.42. The Balaban J connectivity index is 2.50. The molecule has 0 aromatic heterocycles. The number of aliphatic carboxylic acids is 1. The lowest BCUT2D eigenvalue weighted by atomic mass is 9.61. The second kappa shape index (κ2) is 7.64. The fraction of sp³-hybridized carbons (Fsp3) is 0.867. The lowest BCUT2D eigenvalue weighted by molar-refractivity contribution is -0.150. The Labute approximate surface area is 127 Å². The summed E-state index contributed by atoms with van der Waals surface area (Å²) >= 11 is 0. The van der Waals surface area contributed by atoms with Crippen LogP contribution in [0.1, 0.15) is 40.0 Å². The van der Waals surface area contributed by atoms with Crippen molar-refractivity contribution in [1.82, 2.24) is 16.0 Å². The Morgan fingerprint density at radius 3 is 2.48 bits per heavy atom. The van der Waals surface area contributed by atoms with Gasteiger partial charge in [-0.05, 0) is 44.2 Å². The van der Waals surface area contributed by atoms with Crippen LogP contribution in [0.25, 0.3) is 0 Å². The summed E-state index contributed by atoms with van der Waals surface area (Å²) in [6.45, 7) is 7.49. The molecule has 1 saturated carbocycles. The van der Waals surface area contributed by atoms with E-state index in [1.165, 1.54) is 0 Å². The largest absolute Gasteiger partial charge is 0.481 e. The van der Waals surface area contributed by atoms with E-state index >= 15 is 0 Å². The molecule has 0 spiro atoms. The van der Waals surface area contributed by atoms with Crippen LogP contribution in [0.2, 0.25) is 0 Å². The van der Waals surface area contributed by atoms with Crippen molar-refractivity contribution in [1.29, 1.82) is 0 Å². The van der Waals surface area contributed by atoms with Gasteiger partial charge in [-0.15, -0.1) is 0 Å². The fourth-order valence-electron chi connectivity index (χ4n) is 3.13. The number of hydrogen-bond acceptors (Lipinski definition) is 3. The normalized spacial score (nSPS) is 27.9. The molecule has 0 saturated heterocycles. The Kier molecular flexibility index (Phi) is 6.45. The zero-order valence-corrected chi connectivity index (χ0v) is 13.5. The summed E-state index contributed by atoms with van der Waals surface area (Å²) in [4.78, 5) is 23.2. The summed E-state index contributed by atoms with van der Waals surface area (Å²) in [5.41, 5.74) is -0.325. The molecule has 2 amide bonds. The number of carboxylic acid groups (broad SMARTS) is 1. The lowest BCUT2D eigenvalue weighted by Crippen LogP contribution is -2.54. The van der Waals surface area contributed by atoms with E-state index in [9.17, 15) is 14.7 Å². The summed E-state index contributed by atoms with van der Waals surface area (Å²) in [5, 5.41) is 18.2. The Hall–Kier alpha value is -1.30. The first-order chi connectivity index (χ1) is 9.80. The van der Waals surface area contributed by atoms with Crippen LogP contribution in [0.3, 0.4) is 0 Å². The molecule has 4 N–H and O–H groups in total. The minimum Gasteiger partial charge on any atom is -0.481 e. The van der Waals surface area contributed by atoms with Crippen LogP contribution >= 0.6 is 0 Å². The third-order valence-electron chi connectivity index (χ3n) is 4.95. The van der Waals surface area contributed by atoms with Gasteiger partial charge in [-0.3, -0.25) is 4.79 Å². The summed E-state index contributed by atoms with van der Waals surface area (Å²) in [7, 11) is 1.88. The molecule has 1 rings (SSSR count). The van der Waals surface area contributed by atoms with Crippen LogP contribution in [-0.2, 0) is 4.79 Å². The highest BCUT2D eigenvalue weighted by Crippen LogP contribution is 2.44. The third-order valence-corrected chi connectivity index (χ3v) is 4.95. The van der Waals surface area contributed by atoms with Gasteiger partial charge in [-0.2, -0.15) is 0 Å². The van der Waals surface area contributed by atoms with E-state index in [1.54, 1.807) is 0 Å². The average molecular weight is 299 g/mol. The van der Waals surface area contributed by atoms with E-state index in [0.29, 0.717) is 19.4 Å². The maximum absolute atomic E-state index is 11.9. The predicted molar refractivity (Wildman–Crippen MR) is 82.2 cm³/mol. The molecule has 0 aliphatic heterocycles. The molecule has 0 bridgehead atoms. The number of carbonyl (C=O) groups is 2. The Morgan fingerprint density at radius 2 is 1.90 bits per heavy atom. The molecule has 1 aliphatic carbocycles. The van der Waals surface area contributed by atoms with Gasteiger partial charge in [0, 0.05) is 12.6 Å². The first-order valence-electron chi connectivity index (χ1n) is 7.72. The van der Waals surface area contributed by atoms with Gasteiger partial charge in [-0.1, -0.05) is 20.8 Å². The van der Waals surface area contributed by atoms with Crippen LogP contribution < -0.4 is 16.0 Å². The summed E-state index contributed by atoms with van der Waals surface area (Å²) < 4.78 is 0. The molecule has 3 atom stereocenters. The van der Waals surface area contributed by atoms with Crippen molar-refractivity contribution in [3.05, 3.63) is 0 Å². The SMILES string of the molecule is CNCCCNC(=O)NC1CCC(C(=O)O)C(C)(C)C1C. The van der Waals surface area contributed by atoms with Crippen molar-refractivity contribution in [3.63, 3.8) is 0 Å². The van der Waals surface area contributed by atoms with Gasteiger partial charge in [0.05, 0.1) is 5.92 Å². The molecule has 0 heterocycles. The number of urea groups is 1. The summed E-state index contributed by atoms with van der Waals surface area (Å²) in [6, 6.07) is -0.132. The number of carboxylic acids is 1. The van der Waals surface area contributed by atoms with E-state index in [-0.39, 0.29) is 29.3 Å². The first kappa shape index (κ1) is 17.8. The molecular formula is C15H29N3O3. The summed E-state index contributed by atoms with van der Waals surface area (Å²) in [6.07, 6.45) is 2.21. The highest BCUT2D eigenvalue weighted by molar-refractivity contribution is 5.74. The van der Waals surface area contributed by atoms with Gasteiger partial charge >= 0.3 is 12.0 Å². The van der Waals surface area contributed by atoms with Crippen LogP contribution in [0.4, 0.5) is 4.79 Å². The van der Waals surface area contributed by atoms with Crippen molar-refractivity contribution < 1.29 is 14.7 Å². The minimum atomic E-state index is -0.734. The molecule has 0 aromatic carbocycles. The molecular weight excluding hydrogens is 270 g/mol. The zero-order chi connectivity index (χ0) is 16.0. The molecule has 1 fully saturated rings. The van der Waals surface area contributed by atoms with Crippen LogP contribution in [0.5, 0.6) is 0 Å². The second-order valence-corrected chi connectivity index (χ2v) is 6.54. The smallest absolute Gasteiger partial charge is 0.315 e. The molecule has 3 unspecified atom stereocenters. The highest BCUT2D eigenvalue weighted by Gasteiger charge is 2.46. The number of hydrogen-bond donors (Lipinski definition) is 4. The van der Waals surface area contributed by atoms with E-state index in [2.05, 4.69) is 16.0 Å². The summed E-state index contributed by atoms with van der Waals surface area (Å²) in [5.74, 6) is -0.957. The van der Waals surface area contributed by atoms with E-state index in [4.69, 9.17) is 0 Å².